The van der Waals surface area contributed by atoms with Crippen LogP contribution in [-0.4, -0.2) is 42.9 Å². The molecule has 2 amide bonds. The molecule has 0 spiro atoms. The third-order valence-corrected chi connectivity index (χ3v) is 2.32. The molecule has 0 rings (SSSR count). The van der Waals surface area contributed by atoms with Crippen LogP contribution in [0.25, 0.3) is 0 Å². The summed E-state index contributed by atoms with van der Waals surface area (Å²) >= 11 is 0. The summed E-state index contributed by atoms with van der Waals surface area (Å²) in [6, 6.07) is -0.00661. The Kier molecular flexibility index (Phi) is 6.72. The number of rotatable bonds is 6. The van der Waals surface area contributed by atoms with Crippen LogP contribution < -0.4 is 11.1 Å². The van der Waals surface area contributed by atoms with Crippen molar-refractivity contribution in [2.24, 2.45) is 11.7 Å². The maximum Gasteiger partial charge on any atom is 0.239 e. The number of carbonyl (C=O) groups is 2. The molecular weight excluding hydrogens is 206 g/mol. The van der Waals surface area contributed by atoms with Crippen molar-refractivity contribution in [1.82, 2.24) is 10.2 Å². The third-order valence-electron chi connectivity index (χ3n) is 2.32. The van der Waals surface area contributed by atoms with E-state index in [0.29, 0.717) is 12.5 Å². The van der Waals surface area contributed by atoms with E-state index in [-0.39, 0.29) is 24.4 Å². The Balaban J connectivity index is 4.05. The molecule has 0 bridgehead atoms. The predicted octanol–water partition coefficient (Wildman–Crippen LogP) is -0.0457. The smallest absolute Gasteiger partial charge is 0.239 e. The Morgan fingerprint density at radius 2 is 1.94 bits per heavy atom. The van der Waals surface area contributed by atoms with Gasteiger partial charge in [-0.05, 0) is 12.3 Å². The molecule has 0 saturated carbocycles. The zero-order valence-electron chi connectivity index (χ0n) is 10.6. The normalized spacial score (nSPS) is 12.4. The molecule has 0 aliphatic carbocycles. The van der Waals surface area contributed by atoms with Gasteiger partial charge in [-0.2, -0.15) is 0 Å². The summed E-state index contributed by atoms with van der Waals surface area (Å²) in [5.41, 5.74) is 5.56. The summed E-state index contributed by atoms with van der Waals surface area (Å²) in [6.45, 7) is 6.10. The fourth-order valence-electron chi connectivity index (χ4n) is 1.38. The first-order valence-electron chi connectivity index (χ1n) is 5.58. The Bertz CT molecular complexity index is 241. The van der Waals surface area contributed by atoms with Gasteiger partial charge in [0.1, 0.15) is 0 Å². The summed E-state index contributed by atoms with van der Waals surface area (Å²) in [5.74, 6) is 0.205. The van der Waals surface area contributed by atoms with E-state index in [4.69, 9.17) is 5.73 Å². The van der Waals surface area contributed by atoms with Crippen LogP contribution in [0.2, 0.25) is 0 Å². The van der Waals surface area contributed by atoms with Crippen molar-refractivity contribution >= 4 is 11.8 Å². The molecule has 0 aliphatic heterocycles. The zero-order valence-corrected chi connectivity index (χ0v) is 10.6. The molecular formula is C11H23N3O2. The van der Waals surface area contributed by atoms with Crippen LogP contribution in [0.5, 0.6) is 0 Å². The van der Waals surface area contributed by atoms with Gasteiger partial charge in [0.2, 0.25) is 11.8 Å². The molecule has 0 fully saturated rings. The average molecular weight is 229 g/mol. The lowest BCUT2D eigenvalue weighted by atomic mass is 10.0. The molecule has 16 heavy (non-hydrogen) atoms. The molecule has 0 aromatic rings. The molecule has 1 unspecified atom stereocenters. The molecule has 5 heteroatoms. The van der Waals surface area contributed by atoms with Crippen LogP contribution in [-0.2, 0) is 9.59 Å². The quantitative estimate of drug-likeness (QED) is 0.671. The van der Waals surface area contributed by atoms with Crippen molar-refractivity contribution in [1.29, 1.82) is 0 Å². The third kappa shape index (κ3) is 6.40. The SMILES string of the molecule is CC(=O)N(C)CC(=O)NC(CN)CC(C)C. The van der Waals surface area contributed by atoms with Crippen molar-refractivity contribution < 1.29 is 9.59 Å². The molecule has 0 saturated heterocycles. The number of hydrogen-bond acceptors (Lipinski definition) is 3. The van der Waals surface area contributed by atoms with Gasteiger partial charge in [-0.25, -0.2) is 0 Å². The second-order valence-electron chi connectivity index (χ2n) is 4.50. The summed E-state index contributed by atoms with van der Waals surface area (Å²) in [4.78, 5) is 23.9. The summed E-state index contributed by atoms with van der Waals surface area (Å²) < 4.78 is 0. The van der Waals surface area contributed by atoms with Gasteiger partial charge in [0.25, 0.3) is 0 Å². The minimum Gasteiger partial charge on any atom is -0.351 e. The minimum atomic E-state index is -0.159. The molecule has 5 nitrogen and oxygen atoms in total. The van der Waals surface area contributed by atoms with Gasteiger partial charge < -0.3 is 16.0 Å². The number of nitrogens with one attached hydrogen (secondary N) is 1. The van der Waals surface area contributed by atoms with E-state index in [1.807, 2.05) is 0 Å². The lowest BCUT2D eigenvalue weighted by Gasteiger charge is -2.21. The molecule has 0 aromatic heterocycles. The first kappa shape index (κ1) is 14.9. The number of carbonyl (C=O) groups excluding carboxylic acids is 2. The standard InChI is InChI=1S/C11H23N3O2/c1-8(2)5-10(6-12)13-11(16)7-14(4)9(3)15/h8,10H,5-7,12H2,1-4H3,(H,13,16). The fourth-order valence-corrected chi connectivity index (χ4v) is 1.38. The fraction of sp³-hybridized carbons (Fsp3) is 0.818. The molecule has 3 N–H and O–H groups in total. The molecule has 0 radical (unpaired) electrons. The number of amides is 2. The Morgan fingerprint density at radius 1 is 1.38 bits per heavy atom. The zero-order chi connectivity index (χ0) is 12.7. The topological polar surface area (TPSA) is 75.4 Å². The van der Waals surface area contributed by atoms with Crippen LogP contribution in [0.3, 0.4) is 0 Å². The van der Waals surface area contributed by atoms with Crippen molar-refractivity contribution in [3.8, 4) is 0 Å². The van der Waals surface area contributed by atoms with Gasteiger partial charge in [0, 0.05) is 26.6 Å². The molecule has 0 aliphatic rings. The lowest BCUT2D eigenvalue weighted by Crippen LogP contribution is -2.45. The second kappa shape index (κ2) is 7.22. The molecule has 1 atom stereocenters. The number of hydrogen-bond donors (Lipinski definition) is 2. The second-order valence-corrected chi connectivity index (χ2v) is 4.50. The highest BCUT2D eigenvalue weighted by atomic mass is 16.2. The highest BCUT2D eigenvalue weighted by Crippen LogP contribution is 2.03. The van der Waals surface area contributed by atoms with Crippen LogP contribution in [0, 0.1) is 5.92 Å². The van der Waals surface area contributed by atoms with Gasteiger partial charge in [-0.1, -0.05) is 13.8 Å². The number of likely N-dealkylation sites (N-methyl/N-ethyl adjacent to an activating group) is 1. The average Bonchev–Trinajstić information content (AvgIpc) is 2.15. The Morgan fingerprint density at radius 3 is 2.31 bits per heavy atom. The Labute approximate surface area is 97.4 Å². The Hall–Kier alpha value is -1.10. The van der Waals surface area contributed by atoms with E-state index >= 15 is 0 Å². The summed E-state index contributed by atoms with van der Waals surface area (Å²) in [5, 5.41) is 2.83. The van der Waals surface area contributed by atoms with Crippen LogP contribution >= 0.6 is 0 Å². The van der Waals surface area contributed by atoms with Gasteiger partial charge in [0.15, 0.2) is 0 Å². The highest BCUT2D eigenvalue weighted by molar-refractivity contribution is 5.83. The summed E-state index contributed by atoms with van der Waals surface area (Å²) in [7, 11) is 1.60. The van der Waals surface area contributed by atoms with Crippen molar-refractivity contribution in [2.45, 2.75) is 33.2 Å². The summed E-state index contributed by atoms with van der Waals surface area (Å²) in [6.07, 6.45) is 0.853. The van der Waals surface area contributed by atoms with Crippen LogP contribution in [0.4, 0.5) is 0 Å². The molecule has 0 aromatic carbocycles. The predicted molar refractivity (Wildman–Crippen MR) is 63.8 cm³/mol. The first-order valence-corrected chi connectivity index (χ1v) is 5.58. The monoisotopic (exact) mass is 229 g/mol. The van der Waals surface area contributed by atoms with E-state index < -0.39 is 0 Å². The van der Waals surface area contributed by atoms with E-state index in [2.05, 4.69) is 19.2 Å². The van der Waals surface area contributed by atoms with E-state index in [9.17, 15) is 9.59 Å². The first-order chi connectivity index (χ1) is 7.36. The maximum absolute atomic E-state index is 11.5. The van der Waals surface area contributed by atoms with Crippen molar-refractivity contribution in [3.63, 3.8) is 0 Å². The van der Waals surface area contributed by atoms with Gasteiger partial charge in [-0.15, -0.1) is 0 Å². The van der Waals surface area contributed by atoms with Crippen molar-refractivity contribution in [3.05, 3.63) is 0 Å². The van der Waals surface area contributed by atoms with Crippen LogP contribution in [0.15, 0.2) is 0 Å². The maximum atomic E-state index is 11.5. The lowest BCUT2D eigenvalue weighted by molar-refractivity contribution is -0.133. The molecule has 94 valence electrons. The largest absolute Gasteiger partial charge is 0.351 e. The van der Waals surface area contributed by atoms with E-state index in [1.165, 1.54) is 11.8 Å². The number of nitrogens with zero attached hydrogens (tertiary/aromatic N) is 1. The molecule has 0 heterocycles. The number of nitrogens with two attached hydrogens (primary N) is 1. The van der Waals surface area contributed by atoms with Crippen LogP contribution in [0.1, 0.15) is 27.2 Å². The minimum absolute atomic E-state index is 0.00661. The highest BCUT2D eigenvalue weighted by Gasteiger charge is 2.14. The van der Waals surface area contributed by atoms with E-state index in [1.54, 1.807) is 7.05 Å². The van der Waals surface area contributed by atoms with Crippen molar-refractivity contribution in [2.75, 3.05) is 20.1 Å². The van der Waals surface area contributed by atoms with E-state index in [0.717, 1.165) is 6.42 Å². The van der Waals surface area contributed by atoms with Gasteiger partial charge in [0.05, 0.1) is 6.54 Å². The van der Waals surface area contributed by atoms with Gasteiger partial charge in [-0.3, -0.25) is 9.59 Å². The van der Waals surface area contributed by atoms with Gasteiger partial charge >= 0.3 is 0 Å².